The first kappa shape index (κ1) is 5.96. The molecule has 0 amide bonds. The summed E-state index contributed by atoms with van der Waals surface area (Å²) in [4.78, 5) is 0. The molecule has 10 heavy (non-hydrogen) atoms. The minimum Gasteiger partial charge on any atom is -0.361 e. The molecule has 0 aliphatic heterocycles. The second kappa shape index (κ2) is 2.11. The third-order valence-electron chi connectivity index (χ3n) is 2.01. The fourth-order valence-corrected chi connectivity index (χ4v) is 1.22. The van der Waals surface area contributed by atoms with E-state index in [2.05, 4.69) is 12.1 Å². The molecule has 2 nitrogen and oxygen atoms in total. The van der Waals surface area contributed by atoms with Crippen LogP contribution in [-0.2, 0) is 6.42 Å². The maximum atomic E-state index is 5.13. The summed E-state index contributed by atoms with van der Waals surface area (Å²) in [5, 5.41) is 3.78. The van der Waals surface area contributed by atoms with Gasteiger partial charge in [-0.2, -0.15) is 0 Å². The Morgan fingerprint density at radius 1 is 1.70 bits per heavy atom. The fraction of sp³-hybridized carbons (Fsp3) is 0.625. The van der Waals surface area contributed by atoms with Crippen LogP contribution in [0.4, 0.5) is 0 Å². The smallest absolute Gasteiger partial charge is 0.142 e. The first-order valence-corrected chi connectivity index (χ1v) is 3.85. The zero-order valence-corrected chi connectivity index (χ0v) is 6.13. The number of aromatic nitrogens is 1. The molecule has 0 radical (unpaired) electrons. The third-order valence-corrected chi connectivity index (χ3v) is 2.01. The molecule has 1 aliphatic rings. The van der Waals surface area contributed by atoms with E-state index in [0.29, 0.717) is 5.92 Å². The Balaban J connectivity index is 2.28. The Bertz CT molecular complexity index is 225. The van der Waals surface area contributed by atoms with Gasteiger partial charge >= 0.3 is 0 Å². The zero-order valence-electron chi connectivity index (χ0n) is 6.13. The summed E-state index contributed by atoms with van der Waals surface area (Å²) in [6.07, 6.45) is 5.48. The van der Waals surface area contributed by atoms with E-state index in [-0.39, 0.29) is 0 Å². The van der Waals surface area contributed by atoms with Crippen LogP contribution in [0.25, 0.3) is 0 Å². The topological polar surface area (TPSA) is 26.0 Å². The van der Waals surface area contributed by atoms with Crippen molar-refractivity contribution in [2.24, 2.45) is 0 Å². The van der Waals surface area contributed by atoms with Crippen LogP contribution >= 0.6 is 0 Å². The molecule has 0 N–H and O–H groups in total. The van der Waals surface area contributed by atoms with Crippen LogP contribution in [-0.4, -0.2) is 5.16 Å². The van der Waals surface area contributed by atoms with Crippen molar-refractivity contribution in [1.29, 1.82) is 0 Å². The van der Waals surface area contributed by atoms with Crippen LogP contribution in [0.2, 0.25) is 0 Å². The normalized spacial score (nSPS) is 17.7. The molecule has 0 aromatic carbocycles. The van der Waals surface area contributed by atoms with E-state index in [1.54, 1.807) is 0 Å². The average molecular weight is 137 g/mol. The summed E-state index contributed by atoms with van der Waals surface area (Å²) in [5.74, 6) is 1.85. The van der Waals surface area contributed by atoms with Gasteiger partial charge in [-0.15, -0.1) is 0 Å². The SMILES string of the molecule is CCc1cnoc1C1CC1. The Hall–Kier alpha value is -0.790. The van der Waals surface area contributed by atoms with Crippen LogP contribution in [0, 0.1) is 0 Å². The first-order valence-electron chi connectivity index (χ1n) is 3.85. The second-order valence-electron chi connectivity index (χ2n) is 2.84. The molecule has 2 rings (SSSR count). The van der Waals surface area contributed by atoms with Gasteiger partial charge in [0, 0.05) is 11.5 Å². The lowest BCUT2D eigenvalue weighted by Gasteiger charge is -1.91. The predicted octanol–water partition coefficient (Wildman–Crippen LogP) is 2.11. The van der Waals surface area contributed by atoms with Crippen molar-refractivity contribution in [3.8, 4) is 0 Å². The third kappa shape index (κ3) is 0.838. The highest BCUT2D eigenvalue weighted by Gasteiger charge is 2.29. The van der Waals surface area contributed by atoms with Crippen molar-refractivity contribution in [3.63, 3.8) is 0 Å². The molecule has 0 spiro atoms. The van der Waals surface area contributed by atoms with Crippen LogP contribution in [0.5, 0.6) is 0 Å². The maximum Gasteiger partial charge on any atom is 0.142 e. The number of rotatable bonds is 2. The summed E-state index contributed by atoms with van der Waals surface area (Å²) in [6.45, 7) is 2.14. The fourth-order valence-electron chi connectivity index (χ4n) is 1.22. The molecule has 1 heterocycles. The van der Waals surface area contributed by atoms with Crippen molar-refractivity contribution < 1.29 is 4.52 Å². The molecule has 0 atom stereocenters. The van der Waals surface area contributed by atoms with Crippen molar-refractivity contribution in [1.82, 2.24) is 5.16 Å². The quantitative estimate of drug-likeness (QED) is 0.624. The number of hydrogen-bond donors (Lipinski definition) is 0. The second-order valence-corrected chi connectivity index (χ2v) is 2.84. The monoisotopic (exact) mass is 137 g/mol. The number of hydrogen-bond acceptors (Lipinski definition) is 2. The van der Waals surface area contributed by atoms with Crippen LogP contribution in [0.1, 0.15) is 37.0 Å². The van der Waals surface area contributed by atoms with E-state index < -0.39 is 0 Å². The highest BCUT2D eigenvalue weighted by atomic mass is 16.5. The molecule has 1 aromatic heterocycles. The van der Waals surface area contributed by atoms with E-state index >= 15 is 0 Å². The molecule has 1 fully saturated rings. The van der Waals surface area contributed by atoms with Gasteiger partial charge in [-0.3, -0.25) is 0 Å². The highest BCUT2D eigenvalue weighted by Crippen LogP contribution is 2.41. The Kier molecular flexibility index (Phi) is 1.26. The van der Waals surface area contributed by atoms with E-state index in [1.807, 2.05) is 6.20 Å². The van der Waals surface area contributed by atoms with Gasteiger partial charge in [-0.1, -0.05) is 12.1 Å². The first-order chi connectivity index (χ1) is 4.92. The molecule has 1 aromatic rings. The van der Waals surface area contributed by atoms with E-state index in [4.69, 9.17) is 4.52 Å². The van der Waals surface area contributed by atoms with Gasteiger partial charge < -0.3 is 4.52 Å². The Morgan fingerprint density at radius 2 is 2.50 bits per heavy atom. The van der Waals surface area contributed by atoms with Crippen molar-refractivity contribution in [3.05, 3.63) is 17.5 Å². The molecule has 2 heteroatoms. The summed E-state index contributed by atoms with van der Waals surface area (Å²) in [5.41, 5.74) is 1.29. The summed E-state index contributed by atoms with van der Waals surface area (Å²) < 4.78 is 5.13. The van der Waals surface area contributed by atoms with Gasteiger partial charge in [-0.05, 0) is 19.3 Å². The minimum atomic E-state index is 0.706. The van der Waals surface area contributed by atoms with E-state index in [9.17, 15) is 0 Å². The van der Waals surface area contributed by atoms with E-state index in [1.165, 1.54) is 18.4 Å². The summed E-state index contributed by atoms with van der Waals surface area (Å²) >= 11 is 0. The van der Waals surface area contributed by atoms with Crippen molar-refractivity contribution in [2.45, 2.75) is 32.1 Å². The van der Waals surface area contributed by atoms with Crippen LogP contribution in [0.15, 0.2) is 10.7 Å². The molecule has 0 saturated heterocycles. The van der Waals surface area contributed by atoms with Gasteiger partial charge in [0.05, 0.1) is 6.20 Å². The van der Waals surface area contributed by atoms with Crippen molar-refractivity contribution >= 4 is 0 Å². The molecule has 54 valence electrons. The highest BCUT2D eigenvalue weighted by molar-refractivity contribution is 5.21. The number of nitrogens with zero attached hydrogens (tertiary/aromatic N) is 1. The molecule has 0 bridgehead atoms. The number of aryl methyl sites for hydroxylation is 1. The van der Waals surface area contributed by atoms with Gasteiger partial charge in [-0.25, -0.2) is 0 Å². The lowest BCUT2D eigenvalue weighted by atomic mass is 10.1. The van der Waals surface area contributed by atoms with E-state index in [0.717, 1.165) is 12.2 Å². The molecular weight excluding hydrogens is 126 g/mol. The molecule has 1 saturated carbocycles. The summed E-state index contributed by atoms with van der Waals surface area (Å²) in [6, 6.07) is 0. The van der Waals surface area contributed by atoms with Crippen molar-refractivity contribution in [2.75, 3.05) is 0 Å². The Labute approximate surface area is 60.2 Å². The largest absolute Gasteiger partial charge is 0.361 e. The molecule has 0 unspecified atom stereocenters. The molecular formula is C8H11NO. The average Bonchev–Trinajstić information content (AvgIpc) is 2.69. The minimum absolute atomic E-state index is 0.706. The van der Waals surface area contributed by atoms with Gasteiger partial charge in [0.2, 0.25) is 0 Å². The lowest BCUT2D eigenvalue weighted by Crippen LogP contribution is -1.81. The van der Waals surface area contributed by atoms with Gasteiger partial charge in [0.1, 0.15) is 5.76 Å². The van der Waals surface area contributed by atoms with Gasteiger partial charge in [0.15, 0.2) is 0 Å². The standard InChI is InChI=1S/C8H11NO/c1-2-6-5-9-10-8(6)7-3-4-7/h5,7H,2-4H2,1H3. The summed E-state index contributed by atoms with van der Waals surface area (Å²) in [7, 11) is 0. The van der Waals surface area contributed by atoms with Crippen LogP contribution in [0.3, 0.4) is 0 Å². The van der Waals surface area contributed by atoms with Gasteiger partial charge in [0.25, 0.3) is 0 Å². The molecule has 1 aliphatic carbocycles. The zero-order chi connectivity index (χ0) is 6.97. The lowest BCUT2D eigenvalue weighted by molar-refractivity contribution is 0.383. The maximum absolute atomic E-state index is 5.13. The van der Waals surface area contributed by atoms with Crippen LogP contribution < -0.4 is 0 Å². The Morgan fingerprint density at radius 3 is 3.10 bits per heavy atom. The predicted molar refractivity (Wildman–Crippen MR) is 37.9 cm³/mol.